The second-order valence-electron chi connectivity index (χ2n) is 8.58. The average Bonchev–Trinajstić information content (AvgIpc) is 2.86. The number of anilines is 2. The Morgan fingerprint density at radius 1 is 0.944 bits per heavy atom. The van der Waals surface area contributed by atoms with Crippen LogP contribution in [0.3, 0.4) is 0 Å². The van der Waals surface area contributed by atoms with Crippen molar-refractivity contribution >= 4 is 21.7 Å². The zero-order valence-electron chi connectivity index (χ0n) is 20.1. The first-order chi connectivity index (χ1) is 17.3. The molecule has 8 nitrogen and oxygen atoms in total. The van der Waals surface area contributed by atoms with Gasteiger partial charge in [0.1, 0.15) is 11.9 Å². The number of aromatic nitrogens is 2. The van der Waals surface area contributed by atoms with E-state index in [4.69, 9.17) is 9.47 Å². The zero-order valence-corrected chi connectivity index (χ0v) is 21.0. The maximum absolute atomic E-state index is 13.2. The smallest absolute Gasteiger partial charge is 0.264 e. The molecule has 0 radical (unpaired) electrons. The molecule has 0 spiro atoms. The van der Waals surface area contributed by atoms with Crippen LogP contribution in [0.1, 0.15) is 22.8 Å². The van der Waals surface area contributed by atoms with E-state index in [0.717, 1.165) is 22.3 Å². The summed E-state index contributed by atoms with van der Waals surface area (Å²) in [6.45, 7) is 4.34. The molecule has 184 valence electrons. The van der Waals surface area contributed by atoms with E-state index in [0.29, 0.717) is 23.7 Å². The van der Waals surface area contributed by atoms with Crippen LogP contribution >= 0.6 is 0 Å². The number of sulfonamides is 1. The highest BCUT2D eigenvalue weighted by Gasteiger charge is 2.22. The summed E-state index contributed by atoms with van der Waals surface area (Å²) in [6, 6.07) is 21.9. The predicted molar refractivity (Wildman–Crippen MR) is 139 cm³/mol. The quantitative estimate of drug-likeness (QED) is 0.401. The Labute approximate surface area is 210 Å². The van der Waals surface area contributed by atoms with Crippen molar-refractivity contribution in [1.29, 1.82) is 0 Å². The predicted octanol–water partition coefficient (Wildman–Crippen LogP) is 5.12. The minimum absolute atomic E-state index is 0.0616. The van der Waals surface area contributed by atoms with Gasteiger partial charge in [0.15, 0.2) is 0 Å². The standard InChI is InChI=1S/C27H26N4O4S/c1-17-7-4-8-18(2)26(17)23-15-25-30-27(29-23)31-36(32,33)22-12-6-10-20(14-22)28-16-24(35-25)19-9-5-11-21(13-19)34-3/h4-15,24,28H,16H2,1-3H3,(H,29,30,31). The summed E-state index contributed by atoms with van der Waals surface area (Å²) in [7, 11) is -2.31. The molecule has 4 bridgehead atoms. The number of hydrogen-bond donors (Lipinski definition) is 2. The van der Waals surface area contributed by atoms with E-state index in [9.17, 15) is 8.42 Å². The van der Waals surface area contributed by atoms with E-state index in [2.05, 4.69) is 20.0 Å². The molecule has 1 unspecified atom stereocenters. The van der Waals surface area contributed by atoms with Crippen molar-refractivity contribution in [2.75, 3.05) is 23.7 Å². The third kappa shape index (κ3) is 4.83. The van der Waals surface area contributed by atoms with E-state index >= 15 is 0 Å². The molecular weight excluding hydrogens is 476 g/mol. The van der Waals surface area contributed by atoms with Gasteiger partial charge < -0.3 is 14.8 Å². The molecular formula is C27H26N4O4S. The van der Waals surface area contributed by atoms with Gasteiger partial charge in [-0.1, -0.05) is 36.4 Å². The van der Waals surface area contributed by atoms with Crippen LogP contribution in [-0.2, 0) is 10.0 Å². The van der Waals surface area contributed by atoms with Gasteiger partial charge in [-0.2, -0.15) is 4.98 Å². The van der Waals surface area contributed by atoms with Crippen LogP contribution in [0.5, 0.6) is 11.6 Å². The molecule has 2 N–H and O–H groups in total. The minimum atomic E-state index is -3.93. The summed E-state index contributed by atoms with van der Waals surface area (Å²) in [5, 5.41) is 3.30. The topological polar surface area (TPSA) is 102 Å². The van der Waals surface area contributed by atoms with Gasteiger partial charge >= 0.3 is 0 Å². The number of methoxy groups -OCH3 is 1. The second kappa shape index (κ2) is 9.50. The van der Waals surface area contributed by atoms with Gasteiger partial charge in [-0.25, -0.2) is 18.1 Å². The Morgan fingerprint density at radius 2 is 1.69 bits per heavy atom. The molecule has 2 heterocycles. The molecule has 0 fully saturated rings. The van der Waals surface area contributed by atoms with Crippen LogP contribution in [0.4, 0.5) is 11.6 Å². The molecule has 1 aliphatic heterocycles. The molecule has 1 aliphatic rings. The van der Waals surface area contributed by atoms with Gasteiger partial charge in [0.05, 0.1) is 24.2 Å². The van der Waals surface area contributed by atoms with Crippen LogP contribution in [0.2, 0.25) is 0 Å². The van der Waals surface area contributed by atoms with Crippen molar-refractivity contribution in [3.8, 4) is 22.9 Å². The first-order valence-electron chi connectivity index (χ1n) is 11.5. The molecule has 0 amide bonds. The largest absolute Gasteiger partial charge is 0.497 e. The number of ether oxygens (including phenoxy) is 2. The molecule has 1 aromatic heterocycles. The summed E-state index contributed by atoms with van der Waals surface area (Å²) in [5.41, 5.74) is 5.01. The molecule has 9 heteroatoms. The van der Waals surface area contributed by atoms with Gasteiger partial charge in [0.2, 0.25) is 11.8 Å². The zero-order chi connectivity index (χ0) is 25.3. The Balaban J connectivity index is 1.68. The van der Waals surface area contributed by atoms with Crippen LogP contribution in [0.25, 0.3) is 11.3 Å². The van der Waals surface area contributed by atoms with Crippen LogP contribution in [0.15, 0.2) is 77.7 Å². The summed E-state index contributed by atoms with van der Waals surface area (Å²) < 4.78 is 40.6. The van der Waals surface area contributed by atoms with Crippen molar-refractivity contribution in [1.82, 2.24) is 9.97 Å². The number of nitrogens with one attached hydrogen (secondary N) is 2. The lowest BCUT2D eigenvalue weighted by Crippen LogP contribution is -2.21. The fraction of sp³-hybridized carbons (Fsp3) is 0.185. The fourth-order valence-electron chi connectivity index (χ4n) is 4.26. The fourth-order valence-corrected chi connectivity index (χ4v) is 5.24. The van der Waals surface area contributed by atoms with Crippen molar-refractivity contribution in [2.24, 2.45) is 0 Å². The molecule has 4 aromatic rings. The first kappa shape index (κ1) is 23.6. The molecule has 0 saturated heterocycles. The summed E-state index contributed by atoms with van der Waals surface area (Å²) in [6.07, 6.45) is -0.451. The van der Waals surface area contributed by atoms with Gasteiger partial charge in [-0.3, -0.25) is 0 Å². The first-order valence-corrected chi connectivity index (χ1v) is 12.9. The molecule has 3 aromatic carbocycles. The maximum atomic E-state index is 13.2. The van der Waals surface area contributed by atoms with Gasteiger partial charge in [-0.15, -0.1) is 0 Å². The lowest BCUT2D eigenvalue weighted by Gasteiger charge is -2.22. The van der Waals surface area contributed by atoms with E-state index < -0.39 is 16.1 Å². The summed E-state index contributed by atoms with van der Waals surface area (Å²) in [5.74, 6) is 0.893. The second-order valence-corrected chi connectivity index (χ2v) is 10.3. The normalized spacial score (nSPS) is 16.4. The Kier molecular flexibility index (Phi) is 6.24. The molecule has 1 atom stereocenters. The third-order valence-corrected chi connectivity index (χ3v) is 7.36. The van der Waals surface area contributed by atoms with E-state index in [1.54, 1.807) is 25.3 Å². The lowest BCUT2D eigenvalue weighted by atomic mass is 10.00. The molecule has 0 saturated carbocycles. The number of fused-ring (bicyclic) bond motifs is 4. The van der Waals surface area contributed by atoms with Crippen LogP contribution in [0, 0.1) is 13.8 Å². The van der Waals surface area contributed by atoms with Crippen molar-refractivity contribution in [2.45, 2.75) is 24.8 Å². The number of aryl methyl sites for hydroxylation is 2. The molecule has 0 aliphatic carbocycles. The average molecular weight is 503 g/mol. The highest BCUT2D eigenvalue weighted by atomic mass is 32.2. The molecule has 36 heavy (non-hydrogen) atoms. The Morgan fingerprint density at radius 3 is 2.47 bits per heavy atom. The number of hydrogen-bond acceptors (Lipinski definition) is 7. The number of rotatable bonds is 3. The van der Waals surface area contributed by atoms with Crippen molar-refractivity contribution in [3.63, 3.8) is 0 Å². The summed E-state index contributed by atoms with van der Waals surface area (Å²) in [4.78, 5) is 9.10. The number of benzene rings is 3. The summed E-state index contributed by atoms with van der Waals surface area (Å²) >= 11 is 0. The van der Waals surface area contributed by atoms with Crippen LogP contribution < -0.4 is 19.5 Å². The van der Waals surface area contributed by atoms with Gasteiger partial charge in [0, 0.05) is 17.3 Å². The minimum Gasteiger partial charge on any atom is -0.497 e. The van der Waals surface area contributed by atoms with Crippen molar-refractivity contribution in [3.05, 3.63) is 89.5 Å². The Bertz CT molecular complexity index is 1520. The maximum Gasteiger partial charge on any atom is 0.264 e. The van der Waals surface area contributed by atoms with Crippen LogP contribution in [-0.4, -0.2) is 32.0 Å². The highest BCUT2D eigenvalue weighted by molar-refractivity contribution is 7.92. The van der Waals surface area contributed by atoms with E-state index in [-0.39, 0.29) is 16.7 Å². The van der Waals surface area contributed by atoms with Gasteiger partial charge in [0.25, 0.3) is 10.0 Å². The van der Waals surface area contributed by atoms with Gasteiger partial charge in [-0.05, 0) is 60.9 Å². The van der Waals surface area contributed by atoms with E-state index in [1.165, 1.54) is 6.07 Å². The Hall–Kier alpha value is -4.11. The lowest BCUT2D eigenvalue weighted by molar-refractivity contribution is 0.209. The third-order valence-electron chi connectivity index (χ3n) is 6.03. The van der Waals surface area contributed by atoms with Crippen molar-refractivity contribution < 1.29 is 17.9 Å². The highest BCUT2D eigenvalue weighted by Crippen LogP contribution is 2.32. The monoisotopic (exact) mass is 502 g/mol. The SMILES string of the molecule is COc1cccc(C2CNc3cccc(c3)S(=O)(=O)Nc3nc(cc(-c4c(C)cccc4C)n3)O2)c1. The van der Waals surface area contributed by atoms with E-state index in [1.807, 2.05) is 62.4 Å². The number of nitrogens with zero attached hydrogens (tertiary/aromatic N) is 2. The molecule has 5 rings (SSSR count).